The molecule has 0 aliphatic heterocycles. The Labute approximate surface area is 384 Å². The minimum absolute atomic E-state index is 0.00163. The number of aliphatic hydroxyl groups excluding tert-OH is 1. The van der Waals surface area contributed by atoms with Crippen LogP contribution in [0.4, 0.5) is 0 Å². The van der Waals surface area contributed by atoms with Gasteiger partial charge in [-0.2, -0.15) is 0 Å². The van der Waals surface area contributed by atoms with Crippen molar-refractivity contribution in [1.29, 1.82) is 0 Å². The van der Waals surface area contributed by atoms with E-state index in [9.17, 15) is 19.4 Å². The number of nitrogens with zero attached hydrogens (tertiary/aromatic N) is 1. The first-order valence-corrected chi connectivity index (χ1v) is 27.5. The van der Waals surface area contributed by atoms with Gasteiger partial charge in [0.1, 0.15) is 13.2 Å². The zero-order valence-corrected chi connectivity index (χ0v) is 42.2. The molecule has 0 aliphatic rings. The van der Waals surface area contributed by atoms with Gasteiger partial charge in [-0.15, -0.1) is 0 Å². The highest BCUT2D eigenvalue weighted by Gasteiger charge is 2.23. The first-order valence-electron chi connectivity index (χ1n) is 26.0. The summed E-state index contributed by atoms with van der Waals surface area (Å²) in [5.41, 5.74) is 0. The molecule has 0 aromatic carbocycles. The molecule has 0 heterocycles. The number of quaternary nitrogens is 1. The molecule has 0 aromatic heterocycles. The van der Waals surface area contributed by atoms with Crippen molar-refractivity contribution in [3.05, 3.63) is 48.6 Å². The molecule has 3 unspecified atom stereocenters. The number of phosphoric acid groups is 1. The number of likely N-dealkylation sites (N-methyl/N-ethyl adjacent to an activating group) is 1. The molecule has 0 aromatic rings. The fourth-order valence-electron chi connectivity index (χ4n) is 7.40. The highest BCUT2D eigenvalue weighted by Crippen LogP contribution is 2.38. The summed E-state index contributed by atoms with van der Waals surface area (Å²) in [6, 6.07) is -0.881. The predicted molar refractivity (Wildman–Crippen MR) is 265 cm³/mol. The van der Waals surface area contributed by atoms with E-state index in [1.165, 1.54) is 154 Å². The van der Waals surface area contributed by atoms with Crippen LogP contribution in [0.5, 0.6) is 0 Å². The second kappa shape index (κ2) is 44.7. The third kappa shape index (κ3) is 46.5. The number of carbonyl (C=O) groups excluding carboxylic acids is 1. The van der Waals surface area contributed by atoms with Crippen molar-refractivity contribution < 1.29 is 32.9 Å². The molecule has 1 amide bonds. The predicted octanol–water partition coefficient (Wildman–Crippen LogP) is 14.6. The van der Waals surface area contributed by atoms with Crippen molar-refractivity contribution in [2.24, 2.45) is 0 Å². The van der Waals surface area contributed by atoms with E-state index >= 15 is 0 Å². The maximum atomic E-state index is 12.8. The van der Waals surface area contributed by atoms with Crippen molar-refractivity contribution in [1.82, 2.24) is 5.32 Å². The van der Waals surface area contributed by atoms with Crippen molar-refractivity contribution in [3.63, 3.8) is 0 Å². The minimum atomic E-state index is -4.57. The van der Waals surface area contributed by atoms with Crippen LogP contribution in [0, 0.1) is 0 Å². The number of aliphatic hydroxyl groups is 1. The van der Waals surface area contributed by atoms with Crippen LogP contribution in [-0.4, -0.2) is 68.5 Å². The number of rotatable bonds is 47. The van der Waals surface area contributed by atoms with E-state index in [2.05, 4.69) is 55.6 Å². The Bertz CT molecular complexity index is 1150. The quantitative estimate of drug-likeness (QED) is 0.0273. The minimum Gasteiger partial charge on any atom is -0.756 e. The highest BCUT2D eigenvalue weighted by atomic mass is 31.2. The second-order valence-corrected chi connectivity index (χ2v) is 20.3. The van der Waals surface area contributed by atoms with E-state index < -0.39 is 20.0 Å². The Morgan fingerprint density at radius 2 is 0.935 bits per heavy atom. The Morgan fingerprint density at radius 3 is 1.39 bits per heavy atom. The molecule has 0 saturated heterocycles. The zero-order valence-electron chi connectivity index (χ0n) is 41.3. The van der Waals surface area contributed by atoms with Crippen molar-refractivity contribution in [2.45, 2.75) is 244 Å². The topological polar surface area (TPSA) is 108 Å². The molecule has 0 aliphatic carbocycles. The summed E-state index contributed by atoms with van der Waals surface area (Å²) in [5.74, 6) is -0.203. The third-order valence-corrected chi connectivity index (χ3v) is 12.5. The molecule has 3 atom stereocenters. The number of hydrogen-bond acceptors (Lipinski definition) is 6. The van der Waals surface area contributed by atoms with Crippen LogP contribution in [0.3, 0.4) is 0 Å². The van der Waals surface area contributed by atoms with Crippen molar-refractivity contribution in [2.75, 3.05) is 40.9 Å². The van der Waals surface area contributed by atoms with Crippen LogP contribution in [0.1, 0.15) is 232 Å². The average Bonchev–Trinajstić information content (AvgIpc) is 3.23. The Hall–Kier alpha value is -1.54. The van der Waals surface area contributed by atoms with Gasteiger partial charge in [-0.05, 0) is 57.8 Å². The molecule has 2 N–H and O–H groups in total. The van der Waals surface area contributed by atoms with Gasteiger partial charge in [0.25, 0.3) is 7.82 Å². The lowest BCUT2D eigenvalue weighted by Gasteiger charge is -2.29. The summed E-state index contributed by atoms with van der Waals surface area (Å²) in [6.45, 7) is 4.52. The van der Waals surface area contributed by atoms with Crippen LogP contribution >= 0.6 is 7.82 Å². The lowest BCUT2D eigenvalue weighted by molar-refractivity contribution is -0.870. The van der Waals surface area contributed by atoms with Crippen LogP contribution in [0.15, 0.2) is 48.6 Å². The highest BCUT2D eigenvalue weighted by molar-refractivity contribution is 7.45. The van der Waals surface area contributed by atoms with Crippen LogP contribution in [0.25, 0.3) is 0 Å². The van der Waals surface area contributed by atoms with E-state index in [-0.39, 0.29) is 19.1 Å². The number of amides is 1. The van der Waals surface area contributed by atoms with E-state index in [4.69, 9.17) is 9.05 Å². The molecular weight excluding hydrogens is 792 g/mol. The maximum Gasteiger partial charge on any atom is 0.268 e. The van der Waals surface area contributed by atoms with Gasteiger partial charge in [-0.1, -0.05) is 217 Å². The largest absolute Gasteiger partial charge is 0.756 e. The Morgan fingerprint density at radius 1 is 0.565 bits per heavy atom. The normalized spacial score (nSPS) is 14.5. The summed E-state index contributed by atoms with van der Waals surface area (Å²) in [7, 11) is 1.26. The number of unbranched alkanes of at least 4 members (excludes halogenated alkanes) is 28. The van der Waals surface area contributed by atoms with Crippen LogP contribution in [0.2, 0.25) is 0 Å². The van der Waals surface area contributed by atoms with Crippen LogP contribution in [-0.2, 0) is 18.4 Å². The second-order valence-electron chi connectivity index (χ2n) is 18.9. The first kappa shape index (κ1) is 60.5. The molecule has 0 spiro atoms. The number of phosphoric ester groups is 1. The van der Waals surface area contributed by atoms with Gasteiger partial charge in [0.15, 0.2) is 0 Å². The molecule has 0 radical (unpaired) electrons. The SMILES string of the molecule is CCCCC/C=C/C(O)C(COP(=O)([O-])OCC[N+](C)(C)C)NC(=O)CCCCCCCCCCCCCCCCCCCCCC/C=C\C/C=C\C/C=C\CCCCCCC. The number of carbonyl (C=O) groups is 1. The average molecular weight is 893 g/mol. The lowest BCUT2D eigenvalue weighted by atomic mass is 10.0. The van der Waals surface area contributed by atoms with Gasteiger partial charge in [0, 0.05) is 6.42 Å². The fraction of sp³-hybridized carbons (Fsp3) is 0.830. The smallest absolute Gasteiger partial charge is 0.268 e. The molecule has 364 valence electrons. The molecular formula is C53H101N2O6P. The van der Waals surface area contributed by atoms with Gasteiger partial charge in [-0.3, -0.25) is 9.36 Å². The maximum absolute atomic E-state index is 12.8. The van der Waals surface area contributed by atoms with E-state index in [1.54, 1.807) is 6.08 Å². The summed E-state index contributed by atoms with van der Waals surface area (Å²) in [4.78, 5) is 25.1. The zero-order chi connectivity index (χ0) is 45.7. The van der Waals surface area contributed by atoms with Gasteiger partial charge in [0.2, 0.25) is 5.91 Å². The summed E-state index contributed by atoms with van der Waals surface area (Å²) < 4.78 is 23.0. The third-order valence-electron chi connectivity index (χ3n) is 11.5. The van der Waals surface area contributed by atoms with Gasteiger partial charge >= 0.3 is 0 Å². The number of nitrogens with one attached hydrogen (secondary N) is 1. The number of hydrogen-bond donors (Lipinski definition) is 2. The molecule has 0 bridgehead atoms. The summed E-state index contributed by atoms with van der Waals surface area (Å²) in [5, 5.41) is 13.6. The Balaban J connectivity index is 3.77. The standard InChI is InChI=1S/C53H101N2O6P/c1-6-8-10-12-13-14-15-16-17-18-19-20-21-22-23-24-25-26-27-28-29-30-31-32-33-34-35-36-37-38-39-40-41-43-45-47-53(57)54-51(52(56)46-44-42-11-9-7-2)50-61-62(58,59)60-49-48-55(3,4)5/h15-16,18-19,21-22,44,46,51-52,56H,6-14,17,20,23-43,45,47-50H2,1-5H3,(H-,54,57,58,59)/b16-15-,19-18-,22-21-,46-44+. The monoisotopic (exact) mass is 893 g/mol. The van der Waals surface area contributed by atoms with Crippen molar-refractivity contribution in [3.8, 4) is 0 Å². The molecule has 9 heteroatoms. The van der Waals surface area contributed by atoms with Gasteiger partial charge in [0.05, 0.1) is 39.9 Å². The molecule has 62 heavy (non-hydrogen) atoms. The molecule has 0 fully saturated rings. The summed E-state index contributed by atoms with van der Waals surface area (Å²) in [6.07, 6.45) is 58.2. The van der Waals surface area contributed by atoms with E-state index in [1.807, 2.05) is 27.2 Å². The van der Waals surface area contributed by atoms with E-state index in [0.717, 1.165) is 57.8 Å². The van der Waals surface area contributed by atoms with Crippen LogP contribution < -0.4 is 10.2 Å². The molecule has 0 rings (SSSR count). The lowest BCUT2D eigenvalue weighted by Crippen LogP contribution is -2.45. The van der Waals surface area contributed by atoms with Gasteiger partial charge < -0.3 is 28.8 Å². The number of allylic oxidation sites excluding steroid dienone is 7. The van der Waals surface area contributed by atoms with E-state index in [0.29, 0.717) is 17.4 Å². The van der Waals surface area contributed by atoms with Crippen molar-refractivity contribution >= 4 is 13.7 Å². The van der Waals surface area contributed by atoms with Gasteiger partial charge in [-0.25, -0.2) is 0 Å². The Kier molecular flexibility index (Phi) is 43.5. The molecule has 0 saturated carbocycles. The molecule has 8 nitrogen and oxygen atoms in total. The summed E-state index contributed by atoms with van der Waals surface area (Å²) >= 11 is 0. The first-order chi connectivity index (χ1) is 30.0. The fourth-order valence-corrected chi connectivity index (χ4v) is 8.12.